The molecule has 0 aromatic heterocycles. The van der Waals surface area contributed by atoms with Crippen molar-refractivity contribution in [3.05, 3.63) is 0 Å². The lowest BCUT2D eigenvalue weighted by molar-refractivity contribution is -0.143. The van der Waals surface area contributed by atoms with Crippen molar-refractivity contribution in [2.75, 3.05) is 54.2 Å². The molecule has 0 radical (unpaired) electrons. The second-order valence-electron chi connectivity index (χ2n) is 5.00. The average Bonchev–Trinajstić information content (AvgIpc) is 2.58. The Kier molecular flexibility index (Phi) is 12.7. The maximum absolute atomic E-state index is 11.6. The van der Waals surface area contributed by atoms with Gasteiger partial charge in [0.2, 0.25) is 0 Å². The van der Waals surface area contributed by atoms with Gasteiger partial charge in [0.1, 0.15) is 0 Å². The van der Waals surface area contributed by atoms with E-state index >= 15 is 0 Å². The summed E-state index contributed by atoms with van der Waals surface area (Å²) in [7, 11) is 1.97. The van der Waals surface area contributed by atoms with Crippen LogP contribution in [0.4, 0.5) is 0 Å². The van der Waals surface area contributed by atoms with Crippen molar-refractivity contribution in [1.82, 2.24) is 4.90 Å². The van der Waals surface area contributed by atoms with Crippen LogP contribution in [-0.2, 0) is 32.3 Å². The van der Waals surface area contributed by atoms with Gasteiger partial charge in [-0.25, -0.2) is 0 Å². The minimum absolute atomic E-state index is 0.257. The molecule has 0 aliphatic carbocycles. The Bertz CT molecular complexity index is 333. The SMILES string of the molecule is CCOC(=O)CCN(CCC(=O)OCC)CC[Si](OC)(OC)OC. The minimum atomic E-state index is -2.70. The maximum atomic E-state index is 11.6. The van der Waals surface area contributed by atoms with E-state index in [1.54, 1.807) is 35.2 Å². The zero-order chi connectivity index (χ0) is 18.4. The monoisotopic (exact) mass is 365 g/mol. The van der Waals surface area contributed by atoms with Crippen LogP contribution in [-0.4, -0.2) is 79.8 Å². The van der Waals surface area contributed by atoms with Gasteiger partial charge in [-0.2, -0.15) is 0 Å². The molecule has 0 heterocycles. The second kappa shape index (κ2) is 13.3. The third kappa shape index (κ3) is 9.33. The first-order valence-electron chi connectivity index (χ1n) is 8.15. The zero-order valence-corrected chi connectivity index (χ0v) is 16.5. The molecule has 0 saturated heterocycles. The Labute approximate surface area is 145 Å². The van der Waals surface area contributed by atoms with E-state index in [2.05, 4.69) is 0 Å². The molecule has 142 valence electrons. The average molecular weight is 365 g/mol. The van der Waals surface area contributed by atoms with E-state index in [4.69, 9.17) is 22.8 Å². The quantitative estimate of drug-likeness (QED) is 0.334. The van der Waals surface area contributed by atoms with Crippen molar-refractivity contribution in [1.29, 1.82) is 0 Å². The summed E-state index contributed by atoms with van der Waals surface area (Å²) in [6.45, 7) is 5.81. The molecule has 0 atom stereocenters. The smallest absolute Gasteiger partial charge is 0.466 e. The Hall–Kier alpha value is -1.00. The highest BCUT2D eigenvalue weighted by molar-refractivity contribution is 6.60. The summed E-state index contributed by atoms with van der Waals surface area (Å²) in [4.78, 5) is 25.1. The van der Waals surface area contributed by atoms with E-state index in [9.17, 15) is 9.59 Å². The molecule has 24 heavy (non-hydrogen) atoms. The third-order valence-electron chi connectivity index (χ3n) is 3.54. The molecule has 0 fully saturated rings. The third-order valence-corrected chi connectivity index (χ3v) is 6.24. The van der Waals surface area contributed by atoms with Crippen molar-refractivity contribution >= 4 is 20.7 Å². The molecule has 0 bridgehead atoms. The molecular weight excluding hydrogens is 334 g/mol. The summed E-state index contributed by atoms with van der Waals surface area (Å²) >= 11 is 0. The van der Waals surface area contributed by atoms with Crippen molar-refractivity contribution in [2.24, 2.45) is 0 Å². The predicted octanol–water partition coefficient (Wildman–Crippen LogP) is 1.07. The van der Waals surface area contributed by atoms with Gasteiger partial charge < -0.3 is 27.7 Å². The van der Waals surface area contributed by atoms with Gasteiger partial charge in [-0.3, -0.25) is 9.59 Å². The number of hydrogen-bond donors (Lipinski definition) is 0. The van der Waals surface area contributed by atoms with Gasteiger partial charge >= 0.3 is 20.7 Å². The van der Waals surface area contributed by atoms with Crippen LogP contribution in [0.5, 0.6) is 0 Å². The number of hydrogen-bond acceptors (Lipinski definition) is 8. The molecule has 9 heteroatoms. The lowest BCUT2D eigenvalue weighted by Gasteiger charge is -2.28. The van der Waals surface area contributed by atoms with Crippen LogP contribution < -0.4 is 0 Å². The van der Waals surface area contributed by atoms with Gasteiger partial charge in [0, 0.05) is 47.0 Å². The largest absolute Gasteiger partial charge is 0.501 e. The van der Waals surface area contributed by atoms with Crippen LogP contribution in [0.25, 0.3) is 0 Å². The van der Waals surface area contributed by atoms with Crippen LogP contribution >= 0.6 is 0 Å². The fourth-order valence-electron chi connectivity index (χ4n) is 2.15. The van der Waals surface area contributed by atoms with E-state index in [-0.39, 0.29) is 24.8 Å². The van der Waals surface area contributed by atoms with E-state index in [1.807, 2.05) is 4.90 Å². The fraction of sp³-hybridized carbons (Fsp3) is 0.867. The van der Waals surface area contributed by atoms with Gasteiger partial charge in [-0.05, 0) is 13.8 Å². The molecule has 0 aromatic rings. The standard InChI is InChI=1S/C15H31NO7Si/c1-6-22-14(17)8-10-16(11-9-15(18)23-7-2)12-13-24(19-3,20-4)21-5/h6-13H2,1-5H3. The summed E-state index contributed by atoms with van der Waals surface area (Å²) in [5.74, 6) is -0.514. The number of carbonyl (C=O) groups excluding carboxylic acids is 2. The fourth-order valence-corrected chi connectivity index (χ4v) is 3.85. The number of carbonyl (C=O) groups is 2. The normalized spacial score (nSPS) is 11.6. The predicted molar refractivity (Wildman–Crippen MR) is 90.5 cm³/mol. The van der Waals surface area contributed by atoms with Crippen LogP contribution in [0.15, 0.2) is 0 Å². The molecular formula is C15H31NO7Si. The van der Waals surface area contributed by atoms with Gasteiger partial charge in [-0.15, -0.1) is 0 Å². The van der Waals surface area contributed by atoms with E-state index in [1.165, 1.54) is 0 Å². The lowest BCUT2D eigenvalue weighted by Crippen LogP contribution is -2.46. The van der Waals surface area contributed by atoms with Crippen LogP contribution in [0.1, 0.15) is 26.7 Å². The Balaban J connectivity index is 4.59. The zero-order valence-electron chi connectivity index (χ0n) is 15.5. The molecule has 0 amide bonds. The second-order valence-corrected chi connectivity index (χ2v) is 8.09. The molecule has 0 aromatic carbocycles. The van der Waals surface area contributed by atoms with Crippen LogP contribution in [0.2, 0.25) is 6.04 Å². The first-order chi connectivity index (χ1) is 11.5. The summed E-state index contributed by atoms with van der Waals surface area (Å²) in [6.07, 6.45) is 0.524. The first-order valence-corrected chi connectivity index (χ1v) is 10.1. The van der Waals surface area contributed by atoms with Gasteiger partial charge in [0.15, 0.2) is 0 Å². The Morgan fingerprint density at radius 1 is 0.792 bits per heavy atom. The summed E-state index contributed by atoms with van der Waals surface area (Å²) < 4.78 is 26.1. The van der Waals surface area contributed by atoms with Crippen molar-refractivity contribution < 1.29 is 32.3 Å². The lowest BCUT2D eigenvalue weighted by atomic mass is 10.3. The number of esters is 2. The van der Waals surface area contributed by atoms with Crippen LogP contribution in [0, 0.1) is 0 Å². The topological polar surface area (TPSA) is 83.5 Å². The van der Waals surface area contributed by atoms with E-state index < -0.39 is 8.80 Å². The molecule has 0 aliphatic heterocycles. The summed E-state index contributed by atoms with van der Waals surface area (Å²) in [6, 6.07) is 0.558. The van der Waals surface area contributed by atoms with Crippen molar-refractivity contribution in [3.8, 4) is 0 Å². The summed E-state index contributed by atoms with van der Waals surface area (Å²) in [5, 5.41) is 0. The molecule has 0 aliphatic rings. The highest BCUT2D eigenvalue weighted by Gasteiger charge is 2.37. The maximum Gasteiger partial charge on any atom is 0.501 e. The summed E-state index contributed by atoms with van der Waals surface area (Å²) in [5.41, 5.74) is 0. The highest BCUT2D eigenvalue weighted by atomic mass is 28.4. The highest BCUT2D eigenvalue weighted by Crippen LogP contribution is 2.14. The van der Waals surface area contributed by atoms with Crippen molar-refractivity contribution in [3.63, 3.8) is 0 Å². The molecule has 0 rings (SSSR count). The molecule has 8 nitrogen and oxygen atoms in total. The van der Waals surface area contributed by atoms with E-state index in [0.29, 0.717) is 38.9 Å². The van der Waals surface area contributed by atoms with Gasteiger partial charge in [0.25, 0.3) is 0 Å². The minimum Gasteiger partial charge on any atom is -0.466 e. The number of ether oxygens (including phenoxy) is 2. The Morgan fingerprint density at radius 2 is 1.21 bits per heavy atom. The van der Waals surface area contributed by atoms with Crippen LogP contribution in [0.3, 0.4) is 0 Å². The Morgan fingerprint density at radius 3 is 1.54 bits per heavy atom. The molecule has 0 saturated carbocycles. The first kappa shape index (κ1) is 23.0. The van der Waals surface area contributed by atoms with E-state index in [0.717, 1.165) is 0 Å². The number of nitrogens with zero attached hydrogens (tertiary/aromatic N) is 1. The molecule has 0 N–H and O–H groups in total. The molecule has 0 spiro atoms. The number of rotatable bonds is 14. The van der Waals surface area contributed by atoms with Gasteiger partial charge in [0.05, 0.1) is 26.1 Å². The van der Waals surface area contributed by atoms with Crippen molar-refractivity contribution in [2.45, 2.75) is 32.7 Å². The van der Waals surface area contributed by atoms with Gasteiger partial charge in [-0.1, -0.05) is 0 Å². The molecule has 0 unspecified atom stereocenters.